The van der Waals surface area contributed by atoms with Gasteiger partial charge >= 0.3 is 37.2 Å². The van der Waals surface area contributed by atoms with Crippen LogP contribution in [0, 0.1) is 0 Å². The lowest BCUT2D eigenvalue weighted by Crippen LogP contribution is -2.49. The van der Waals surface area contributed by atoms with Gasteiger partial charge in [0.15, 0.2) is 0 Å². The molecule has 0 heterocycles. The first-order valence-electron chi connectivity index (χ1n) is 15.5. The monoisotopic (exact) mass is 755 g/mol. The molecule has 0 spiro atoms. The Morgan fingerprint density at radius 3 is 1.26 bits per heavy atom. The fourth-order valence-corrected chi connectivity index (χ4v) is 12.9. The van der Waals surface area contributed by atoms with Gasteiger partial charge in [-0.05, 0) is 40.6 Å². The van der Waals surface area contributed by atoms with Gasteiger partial charge in [0.1, 0.15) is 5.75 Å². The summed E-state index contributed by atoms with van der Waals surface area (Å²) in [6, 6.07) is 4.88. The number of alkyl halides is 9. The Kier molecular flexibility index (Phi) is 17.7. The highest BCUT2D eigenvalue weighted by Gasteiger charge is 2.65. The summed E-state index contributed by atoms with van der Waals surface area (Å²) in [6.07, 6.45) is 11.0. The Labute approximate surface area is 274 Å². The van der Waals surface area contributed by atoms with Crippen LogP contribution in [0.2, 0.25) is 0 Å². The van der Waals surface area contributed by atoms with Crippen molar-refractivity contribution in [2.24, 2.45) is 0 Å². The molecule has 0 aromatic heterocycles. The molecule has 6 nitrogen and oxygen atoms in total. The molecule has 1 aromatic carbocycles. The van der Waals surface area contributed by atoms with Gasteiger partial charge in [-0.2, -0.15) is 39.5 Å². The molecule has 0 aliphatic carbocycles. The van der Waals surface area contributed by atoms with Crippen LogP contribution in [0.4, 0.5) is 39.5 Å². The smallest absolute Gasteiger partial charge is 0.492 e. The molecule has 0 aliphatic heterocycles. The van der Waals surface area contributed by atoms with E-state index in [0.29, 0.717) is 25.4 Å². The Hall–Kier alpha value is -1.40. The van der Waals surface area contributed by atoms with E-state index in [1.807, 2.05) is 0 Å². The van der Waals surface area contributed by atoms with Gasteiger partial charge in [-0.15, -0.1) is 10.2 Å². The average Bonchev–Trinajstić information content (AvgIpc) is 2.92. The van der Waals surface area contributed by atoms with Gasteiger partial charge in [-0.3, -0.25) is 0 Å². The third kappa shape index (κ3) is 14.5. The van der Waals surface area contributed by atoms with Crippen molar-refractivity contribution in [1.29, 1.82) is 0 Å². The number of para-hydroxylation sites is 1. The highest BCUT2D eigenvalue weighted by Crippen LogP contribution is 2.61. The molecule has 0 N–H and O–H groups in total. The van der Waals surface area contributed by atoms with Gasteiger partial charge in [0.25, 0.3) is 0 Å². The number of benzene rings is 1. The van der Waals surface area contributed by atoms with Crippen molar-refractivity contribution in [2.75, 3.05) is 19.1 Å². The van der Waals surface area contributed by atoms with Crippen molar-refractivity contribution in [3.8, 4) is 5.75 Å². The summed E-state index contributed by atoms with van der Waals surface area (Å²) < 4.78 is 170. The standard InChI is InChI=1S/C29H46F9NO5S3/c1-45(2,39(46(40,41)28(33,34)35)47(42,43)29(36,37)38)26-22-18-17-21-25(26)44-24-20-16-14-12-10-8-6-4-3-5-7-9-11-13-15-19-23-27(30,31)32/h17-18,21-22H,3-16,19-20,23-24H2,1-2H3. The number of sulfonamides is 2. The largest absolute Gasteiger partial charge is 0.513 e. The van der Waals surface area contributed by atoms with Crippen molar-refractivity contribution in [2.45, 2.75) is 131 Å². The lowest BCUT2D eigenvalue weighted by molar-refractivity contribution is -0.135. The average molecular weight is 756 g/mol. The number of hydrogen-bond donors (Lipinski definition) is 0. The molecule has 0 radical (unpaired) electrons. The van der Waals surface area contributed by atoms with E-state index < -0.39 is 61.9 Å². The zero-order valence-corrected chi connectivity index (χ0v) is 29.1. The lowest BCUT2D eigenvalue weighted by Gasteiger charge is -2.41. The summed E-state index contributed by atoms with van der Waals surface area (Å²) in [7, 11) is -18.0. The maximum Gasteiger partial charge on any atom is 0.513 e. The first-order valence-corrected chi connectivity index (χ1v) is 20.8. The topological polar surface area (TPSA) is 80.8 Å². The van der Waals surface area contributed by atoms with Gasteiger partial charge in [0.05, 0.1) is 6.61 Å². The molecular formula is C29H46F9NO5S3. The predicted octanol–water partition coefficient (Wildman–Crippen LogP) is 10.6. The predicted molar refractivity (Wildman–Crippen MR) is 166 cm³/mol. The minimum atomic E-state index is -6.98. The zero-order chi connectivity index (χ0) is 36.0. The fraction of sp³-hybridized carbons (Fsp3) is 0.793. The first kappa shape index (κ1) is 43.6. The molecule has 18 heteroatoms. The van der Waals surface area contributed by atoms with E-state index in [9.17, 15) is 56.3 Å². The number of ether oxygens (including phenoxy) is 1. The molecule has 0 saturated carbocycles. The van der Waals surface area contributed by atoms with E-state index in [1.54, 1.807) is 0 Å². The lowest BCUT2D eigenvalue weighted by atomic mass is 10.0. The van der Waals surface area contributed by atoms with Gasteiger partial charge < -0.3 is 4.74 Å². The van der Waals surface area contributed by atoms with Crippen LogP contribution in [0.25, 0.3) is 0 Å². The summed E-state index contributed by atoms with van der Waals surface area (Å²) in [6.45, 7) is 0.0259. The van der Waals surface area contributed by atoms with Crippen LogP contribution in [-0.4, -0.2) is 56.3 Å². The van der Waals surface area contributed by atoms with Gasteiger partial charge in [0, 0.05) is 11.3 Å². The number of unbranched alkanes of at least 4 members (excludes halogenated alkanes) is 15. The van der Waals surface area contributed by atoms with Gasteiger partial charge in [-0.25, -0.2) is 16.8 Å². The minimum Gasteiger partial charge on any atom is -0.492 e. The summed E-state index contributed by atoms with van der Waals surface area (Å²) in [4.78, 5) is -0.416. The molecule has 1 aromatic rings. The summed E-state index contributed by atoms with van der Waals surface area (Å²) in [5, 5.41) is 0. The summed E-state index contributed by atoms with van der Waals surface area (Å²) in [5.41, 5.74) is -12.6. The highest BCUT2D eigenvalue weighted by molar-refractivity contribution is 8.40. The second-order valence-electron chi connectivity index (χ2n) is 11.7. The maximum atomic E-state index is 13.4. The van der Waals surface area contributed by atoms with E-state index in [4.69, 9.17) is 4.74 Å². The third-order valence-corrected chi connectivity index (χ3v) is 16.1. The van der Waals surface area contributed by atoms with Crippen LogP contribution in [-0.2, 0) is 20.0 Å². The Balaban J connectivity index is 2.45. The van der Waals surface area contributed by atoms with E-state index in [0.717, 1.165) is 89.5 Å². The molecule has 0 bridgehead atoms. The normalized spacial score (nSPS) is 14.1. The van der Waals surface area contributed by atoms with Crippen LogP contribution < -0.4 is 4.74 Å². The Morgan fingerprint density at radius 2 is 0.894 bits per heavy atom. The second kappa shape index (κ2) is 19.1. The van der Waals surface area contributed by atoms with Gasteiger partial charge in [0.2, 0.25) is 0 Å². The van der Waals surface area contributed by atoms with Crippen LogP contribution in [0.1, 0.15) is 109 Å². The highest BCUT2D eigenvalue weighted by atomic mass is 32.4. The number of hydrogen-bond acceptors (Lipinski definition) is 5. The fourth-order valence-electron chi connectivity index (χ4n) is 4.94. The zero-order valence-electron chi connectivity index (χ0n) is 26.7. The maximum absolute atomic E-state index is 13.4. The quantitative estimate of drug-likeness (QED) is 0.0821. The van der Waals surface area contributed by atoms with Crippen molar-refractivity contribution in [1.82, 2.24) is 3.12 Å². The van der Waals surface area contributed by atoms with Crippen molar-refractivity contribution < 1.29 is 61.1 Å². The number of nitrogens with zero attached hydrogens (tertiary/aromatic N) is 1. The summed E-state index contributed by atoms with van der Waals surface area (Å²) >= 11 is 0. The Morgan fingerprint density at radius 1 is 0.553 bits per heavy atom. The van der Waals surface area contributed by atoms with Crippen molar-refractivity contribution >= 4 is 30.3 Å². The summed E-state index contributed by atoms with van der Waals surface area (Å²) in [5.74, 6) is -0.215. The van der Waals surface area contributed by atoms with Gasteiger partial charge in [-0.1, -0.05) is 102 Å². The molecule has 0 atom stereocenters. The molecule has 0 amide bonds. The molecule has 0 unspecified atom stereocenters. The molecule has 0 aliphatic rings. The number of rotatable bonds is 23. The molecule has 47 heavy (non-hydrogen) atoms. The molecule has 1 rings (SSSR count). The van der Waals surface area contributed by atoms with E-state index in [1.165, 1.54) is 18.2 Å². The van der Waals surface area contributed by atoms with Crippen LogP contribution in [0.3, 0.4) is 0 Å². The molecule has 278 valence electrons. The minimum absolute atomic E-state index is 0.0259. The van der Waals surface area contributed by atoms with E-state index >= 15 is 0 Å². The molecular weight excluding hydrogens is 710 g/mol. The van der Waals surface area contributed by atoms with Crippen LogP contribution in [0.5, 0.6) is 5.75 Å². The number of halogens is 9. The van der Waals surface area contributed by atoms with Crippen molar-refractivity contribution in [3.63, 3.8) is 0 Å². The van der Waals surface area contributed by atoms with Crippen LogP contribution in [0.15, 0.2) is 29.2 Å². The second-order valence-corrected chi connectivity index (χ2v) is 19.3. The van der Waals surface area contributed by atoms with E-state index in [2.05, 4.69) is 0 Å². The van der Waals surface area contributed by atoms with Crippen molar-refractivity contribution in [3.05, 3.63) is 24.3 Å². The van der Waals surface area contributed by atoms with E-state index in [-0.39, 0.29) is 18.8 Å². The Bertz CT molecular complexity index is 1220. The van der Waals surface area contributed by atoms with Crippen LogP contribution >= 0.6 is 10.2 Å². The molecule has 0 saturated heterocycles. The third-order valence-electron chi connectivity index (χ3n) is 7.35. The SMILES string of the molecule is CS(C)(c1ccccc1OCCCCCCCCCCCCCCCCCCC(F)(F)F)N(S(=O)(=O)C(F)(F)F)S(=O)(=O)C(F)(F)F. The first-order chi connectivity index (χ1) is 21.6. The molecule has 0 fully saturated rings.